The van der Waals surface area contributed by atoms with Crippen LogP contribution in [0.15, 0.2) is 59.2 Å². The molecule has 7 heteroatoms. The minimum atomic E-state index is -0.599. The third-order valence-corrected chi connectivity index (χ3v) is 4.78. The van der Waals surface area contributed by atoms with Gasteiger partial charge in [-0.05, 0) is 48.4 Å². The van der Waals surface area contributed by atoms with Gasteiger partial charge in [0.25, 0.3) is 0 Å². The van der Waals surface area contributed by atoms with Crippen molar-refractivity contribution in [3.8, 4) is 0 Å². The van der Waals surface area contributed by atoms with Crippen LogP contribution in [0.1, 0.15) is 34.3 Å². The molecule has 1 saturated heterocycles. The summed E-state index contributed by atoms with van der Waals surface area (Å²) < 4.78 is 10.1. The maximum Gasteiger partial charge on any atom is 0.363 e. The van der Waals surface area contributed by atoms with Gasteiger partial charge in [-0.2, -0.15) is 0 Å². The predicted octanol–water partition coefficient (Wildman–Crippen LogP) is 2.94. The molecule has 7 nitrogen and oxygen atoms in total. The minimum absolute atomic E-state index is 0.0927. The van der Waals surface area contributed by atoms with Gasteiger partial charge in [-0.1, -0.05) is 18.2 Å². The van der Waals surface area contributed by atoms with Crippen molar-refractivity contribution in [2.45, 2.75) is 12.8 Å². The second-order valence-corrected chi connectivity index (χ2v) is 6.61. The average Bonchev–Trinajstić information content (AvgIpc) is 3.33. The number of carbonyl (C=O) groups is 3. The van der Waals surface area contributed by atoms with Crippen molar-refractivity contribution in [1.82, 2.24) is 0 Å². The molecule has 2 aliphatic rings. The smallest absolute Gasteiger partial charge is 0.363 e. The molecule has 2 aromatic rings. The molecule has 4 rings (SSSR count). The summed E-state index contributed by atoms with van der Waals surface area (Å²) in [6.07, 6.45) is 2.91. The number of methoxy groups -OCH3 is 1. The molecule has 0 N–H and O–H groups in total. The normalized spacial score (nSPS) is 17.5. The van der Waals surface area contributed by atoms with Gasteiger partial charge in [0.05, 0.1) is 12.7 Å². The van der Waals surface area contributed by atoms with Crippen LogP contribution in [0.5, 0.6) is 0 Å². The van der Waals surface area contributed by atoms with Crippen LogP contribution in [0.3, 0.4) is 0 Å². The van der Waals surface area contributed by atoms with E-state index in [-0.39, 0.29) is 17.5 Å². The first-order valence-electron chi connectivity index (χ1n) is 9.17. The van der Waals surface area contributed by atoms with Gasteiger partial charge in [0.1, 0.15) is 0 Å². The topological polar surface area (TPSA) is 85.3 Å². The maximum absolute atomic E-state index is 12.3. The molecule has 1 amide bonds. The van der Waals surface area contributed by atoms with E-state index in [1.54, 1.807) is 41.3 Å². The number of benzene rings is 2. The summed E-state index contributed by atoms with van der Waals surface area (Å²) in [5.74, 6) is -0.813. The molecule has 0 unspecified atom stereocenters. The van der Waals surface area contributed by atoms with Crippen LogP contribution >= 0.6 is 0 Å². The van der Waals surface area contributed by atoms with Gasteiger partial charge in [-0.3, -0.25) is 4.79 Å². The van der Waals surface area contributed by atoms with Crippen molar-refractivity contribution in [2.24, 2.45) is 4.99 Å². The third kappa shape index (κ3) is 3.67. The summed E-state index contributed by atoms with van der Waals surface area (Å²) in [5, 5.41) is 0. The highest BCUT2D eigenvalue weighted by molar-refractivity contribution is 6.13. The Bertz CT molecular complexity index is 1050. The molecule has 0 saturated carbocycles. The molecule has 0 bridgehead atoms. The molecule has 0 spiro atoms. The molecule has 1 fully saturated rings. The summed E-state index contributed by atoms with van der Waals surface area (Å²) in [4.78, 5) is 42.0. The van der Waals surface area contributed by atoms with Crippen LogP contribution in [-0.4, -0.2) is 37.4 Å². The molecule has 2 heterocycles. The van der Waals surface area contributed by atoms with E-state index < -0.39 is 11.9 Å². The Morgan fingerprint density at radius 3 is 2.59 bits per heavy atom. The number of hydrogen-bond donors (Lipinski definition) is 0. The van der Waals surface area contributed by atoms with E-state index in [1.165, 1.54) is 13.2 Å². The van der Waals surface area contributed by atoms with E-state index in [9.17, 15) is 14.4 Å². The molecular weight excluding hydrogens is 372 g/mol. The van der Waals surface area contributed by atoms with E-state index in [0.717, 1.165) is 12.1 Å². The van der Waals surface area contributed by atoms with Crippen LogP contribution in [0.2, 0.25) is 0 Å². The number of cyclic esters (lactones) is 1. The number of ether oxygens (including phenoxy) is 2. The van der Waals surface area contributed by atoms with Crippen molar-refractivity contribution < 1.29 is 23.9 Å². The number of anilines is 1. The molecule has 29 heavy (non-hydrogen) atoms. The van der Waals surface area contributed by atoms with Gasteiger partial charge in [0.2, 0.25) is 11.8 Å². The first-order chi connectivity index (χ1) is 14.1. The number of nitrogens with zero attached hydrogens (tertiary/aromatic N) is 2. The molecule has 0 radical (unpaired) electrons. The Labute approximate surface area is 167 Å². The molecule has 0 aliphatic carbocycles. The zero-order valence-corrected chi connectivity index (χ0v) is 15.8. The van der Waals surface area contributed by atoms with E-state index in [4.69, 9.17) is 9.47 Å². The summed E-state index contributed by atoms with van der Waals surface area (Å²) in [6, 6.07) is 13.9. The van der Waals surface area contributed by atoms with Crippen molar-refractivity contribution >= 4 is 35.5 Å². The van der Waals surface area contributed by atoms with Gasteiger partial charge in [-0.25, -0.2) is 14.6 Å². The number of rotatable bonds is 4. The van der Waals surface area contributed by atoms with Gasteiger partial charge in [0.15, 0.2) is 5.70 Å². The summed E-state index contributed by atoms with van der Waals surface area (Å²) in [5.41, 5.74) is 2.37. The van der Waals surface area contributed by atoms with Crippen LogP contribution < -0.4 is 4.90 Å². The number of amides is 1. The lowest BCUT2D eigenvalue weighted by Crippen LogP contribution is -2.23. The van der Waals surface area contributed by atoms with E-state index >= 15 is 0 Å². The Kier molecular flexibility index (Phi) is 4.95. The predicted molar refractivity (Wildman–Crippen MR) is 106 cm³/mol. The highest BCUT2D eigenvalue weighted by Gasteiger charge is 2.26. The van der Waals surface area contributed by atoms with E-state index in [0.29, 0.717) is 29.7 Å². The van der Waals surface area contributed by atoms with Gasteiger partial charge in [-0.15, -0.1) is 0 Å². The molecule has 2 aliphatic heterocycles. The number of carbonyl (C=O) groups excluding carboxylic acids is 3. The van der Waals surface area contributed by atoms with Gasteiger partial charge < -0.3 is 14.4 Å². The quantitative estimate of drug-likeness (QED) is 0.592. The van der Waals surface area contributed by atoms with Gasteiger partial charge in [0, 0.05) is 24.2 Å². The number of hydrogen-bond acceptors (Lipinski definition) is 6. The van der Waals surface area contributed by atoms with Crippen LogP contribution in [0.25, 0.3) is 6.08 Å². The molecular formula is C22H18N2O5. The van der Waals surface area contributed by atoms with Crippen molar-refractivity contribution in [3.63, 3.8) is 0 Å². The monoisotopic (exact) mass is 390 g/mol. The fourth-order valence-electron chi connectivity index (χ4n) is 3.30. The van der Waals surface area contributed by atoms with Crippen LogP contribution in [0.4, 0.5) is 5.69 Å². The van der Waals surface area contributed by atoms with Crippen molar-refractivity contribution in [3.05, 3.63) is 70.9 Å². The first-order valence-corrected chi connectivity index (χ1v) is 9.17. The maximum atomic E-state index is 12.3. The summed E-state index contributed by atoms with van der Waals surface area (Å²) in [6.45, 7) is 0.709. The Balaban J connectivity index is 1.61. The lowest BCUT2D eigenvalue weighted by Gasteiger charge is -2.15. The Morgan fingerprint density at radius 2 is 1.90 bits per heavy atom. The highest BCUT2D eigenvalue weighted by atomic mass is 16.6. The van der Waals surface area contributed by atoms with Crippen LogP contribution in [0, 0.1) is 0 Å². The zero-order chi connectivity index (χ0) is 20.4. The lowest BCUT2D eigenvalue weighted by molar-refractivity contribution is -0.130. The largest absolute Gasteiger partial charge is 0.465 e. The van der Waals surface area contributed by atoms with Crippen molar-refractivity contribution in [2.75, 3.05) is 18.6 Å². The van der Waals surface area contributed by atoms with E-state index in [2.05, 4.69) is 4.99 Å². The third-order valence-electron chi connectivity index (χ3n) is 4.78. The molecule has 2 aromatic carbocycles. The second kappa shape index (κ2) is 7.71. The second-order valence-electron chi connectivity index (χ2n) is 6.61. The fourth-order valence-corrected chi connectivity index (χ4v) is 3.30. The zero-order valence-electron chi connectivity index (χ0n) is 15.8. The first kappa shape index (κ1) is 18.6. The molecule has 0 atom stereocenters. The standard InChI is InChI=1S/C22H18N2O5/c1-28-21(26)17-6-3-2-5-15(17)13-18-22(27)29-20(23-18)14-8-10-16(11-9-14)24-12-4-7-19(24)25/h2-3,5-6,8-11,13H,4,7,12H2,1H3. The van der Waals surface area contributed by atoms with Crippen molar-refractivity contribution in [1.29, 1.82) is 0 Å². The van der Waals surface area contributed by atoms with E-state index in [1.807, 2.05) is 12.1 Å². The minimum Gasteiger partial charge on any atom is -0.465 e. The van der Waals surface area contributed by atoms with Gasteiger partial charge >= 0.3 is 11.9 Å². The Hall–Kier alpha value is -3.74. The summed E-state index contributed by atoms with van der Waals surface area (Å²) >= 11 is 0. The van der Waals surface area contributed by atoms with Crippen LogP contribution in [-0.2, 0) is 19.1 Å². The Morgan fingerprint density at radius 1 is 1.14 bits per heavy atom. The highest BCUT2D eigenvalue weighted by Crippen LogP contribution is 2.25. The molecule has 146 valence electrons. The lowest BCUT2D eigenvalue weighted by atomic mass is 10.1. The average molecular weight is 390 g/mol. The molecule has 0 aromatic heterocycles. The summed E-state index contributed by atoms with van der Waals surface area (Å²) in [7, 11) is 1.30. The SMILES string of the molecule is COC(=O)c1ccccc1C=C1N=C(c2ccc(N3CCCC3=O)cc2)OC1=O. The fraction of sp³-hybridized carbons (Fsp3) is 0.182. The number of aliphatic imine (C=N–C) groups is 1. The number of esters is 2.